The van der Waals surface area contributed by atoms with Crippen molar-refractivity contribution in [2.24, 2.45) is 5.92 Å². The van der Waals surface area contributed by atoms with Gasteiger partial charge in [0.15, 0.2) is 5.65 Å². The number of amides is 1. The largest absolute Gasteiger partial charge is 0.353 e. The van der Waals surface area contributed by atoms with Crippen LogP contribution < -0.4 is 5.32 Å². The van der Waals surface area contributed by atoms with E-state index >= 15 is 0 Å². The molecule has 0 fully saturated rings. The minimum Gasteiger partial charge on any atom is -0.353 e. The van der Waals surface area contributed by atoms with E-state index in [4.69, 9.17) is 0 Å². The fraction of sp³-hybridized carbons (Fsp3) is 0.167. The van der Waals surface area contributed by atoms with Gasteiger partial charge in [0, 0.05) is 46.2 Å². The highest BCUT2D eigenvalue weighted by Crippen LogP contribution is 2.31. The molecule has 3 N–H and O–H groups in total. The first-order valence-electron chi connectivity index (χ1n) is 10.2. The van der Waals surface area contributed by atoms with Crippen molar-refractivity contribution in [3.05, 3.63) is 61.1 Å². The van der Waals surface area contributed by atoms with Crippen molar-refractivity contribution in [2.45, 2.75) is 20.3 Å². The molecular formula is C24H22N6O. The zero-order valence-corrected chi connectivity index (χ0v) is 17.3. The van der Waals surface area contributed by atoms with E-state index in [0.29, 0.717) is 23.7 Å². The second kappa shape index (κ2) is 7.68. The molecule has 0 aliphatic heterocycles. The van der Waals surface area contributed by atoms with E-state index in [-0.39, 0.29) is 5.91 Å². The smallest absolute Gasteiger partial charge is 0.224 e. The fourth-order valence-electron chi connectivity index (χ4n) is 3.72. The number of carbonyl (C=O) groups is 1. The summed E-state index contributed by atoms with van der Waals surface area (Å²) in [6, 6.07) is 14.2. The van der Waals surface area contributed by atoms with Crippen molar-refractivity contribution in [1.82, 2.24) is 25.1 Å². The lowest BCUT2D eigenvalue weighted by Crippen LogP contribution is -2.13. The van der Waals surface area contributed by atoms with Gasteiger partial charge in [0.2, 0.25) is 5.91 Å². The standard InChI is InChI=1S/C24H22N6O/c1-14(2)7-22(31)27-18-8-16(11-25-13-18)17-9-19-23(29-30-24(19)26-12-17)21-10-15-5-3-4-6-20(15)28-21/h3-6,8-14,28H,7H2,1-2H3,(H,27,31)(H,26,29,30). The van der Waals surface area contributed by atoms with Crippen molar-refractivity contribution in [3.8, 4) is 22.5 Å². The third-order valence-corrected chi connectivity index (χ3v) is 5.15. The summed E-state index contributed by atoms with van der Waals surface area (Å²) < 4.78 is 0. The second-order valence-corrected chi connectivity index (χ2v) is 8.07. The van der Waals surface area contributed by atoms with E-state index in [1.54, 1.807) is 18.6 Å². The van der Waals surface area contributed by atoms with Gasteiger partial charge in [-0.2, -0.15) is 5.10 Å². The van der Waals surface area contributed by atoms with Crippen LogP contribution in [0.2, 0.25) is 0 Å². The number of anilines is 1. The Labute approximate surface area is 178 Å². The SMILES string of the molecule is CC(C)CC(=O)Nc1cncc(-c2cnc3[nH]nc(-c4cc5ccccc5[nH]4)c3c2)c1. The number of carbonyl (C=O) groups excluding carboxylic acids is 1. The maximum Gasteiger partial charge on any atom is 0.224 e. The van der Waals surface area contributed by atoms with Gasteiger partial charge in [-0.1, -0.05) is 32.0 Å². The van der Waals surface area contributed by atoms with Gasteiger partial charge in [0.25, 0.3) is 0 Å². The summed E-state index contributed by atoms with van der Waals surface area (Å²) in [7, 11) is 0. The molecule has 1 amide bonds. The zero-order valence-electron chi connectivity index (χ0n) is 17.3. The molecule has 7 heteroatoms. The number of hydrogen-bond donors (Lipinski definition) is 3. The minimum atomic E-state index is -0.0153. The highest BCUT2D eigenvalue weighted by Gasteiger charge is 2.14. The lowest BCUT2D eigenvalue weighted by atomic mass is 10.1. The molecule has 0 atom stereocenters. The summed E-state index contributed by atoms with van der Waals surface area (Å²) in [6.07, 6.45) is 5.68. The molecule has 1 aromatic carbocycles. The molecule has 0 aliphatic rings. The lowest BCUT2D eigenvalue weighted by molar-refractivity contribution is -0.116. The number of para-hydroxylation sites is 1. The third-order valence-electron chi connectivity index (χ3n) is 5.15. The number of nitrogens with one attached hydrogen (secondary N) is 3. The van der Waals surface area contributed by atoms with Crippen molar-refractivity contribution in [1.29, 1.82) is 0 Å². The Morgan fingerprint density at radius 1 is 1.06 bits per heavy atom. The van der Waals surface area contributed by atoms with Crippen LogP contribution in [0.25, 0.3) is 44.5 Å². The van der Waals surface area contributed by atoms with Crippen LogP contribution in [-0.2, 0) is 4.79 Å². The number of aromatic amines is 2. The fourth-order valence-corrected chi connectivity index (χ4v) is 3.72. The topological polar surface area (TPSA) is 99.3 Å². The average molecular weight is 410 g/mol. The first-order chi connectivity index (χ1) is 15.1. The molecule has 5 rings (SSSR count). The van der Waals surface area contributed by atoms with Crippen LogP contribution in [-0.4, -0.2) is 31.1 Å². The molecule has 0 bridgehead atoms. The Kier molecular flexibility index (Phi) is 4.71. The minimum absolute atomic E-state index is 0.0153. The summed E-state index contributed by atoms with van der Waals surface area (Å²) in [4.78, 5) is 24.4. The number of hydrogen-bond acceptors (Lipinski definition) is 4. The number of pyridine rings is 2. The molecule has 0 spiro atoms. The molecule has 4 aromatic heterocycles. The van der Waals surface area contributed by atoms with Crippen LogP contribution in [0.1, 0.15) is 20.3 Å². The Balaban J connectivity index is 1.51. The van der Waals surface area contributed by atoms with Gasteiger partial charge in [0.1, 0.15) is 5.69 Å². The molecule has 5 aromatic rings. The first-order valence-corrected chi connectivity index (χ1v) is 10.2. The highest BCUT2D eigenvalue weighted by atomic mass is 16.1. The summed E-state index contributed by atoms with van der Waals surface area (Å²) >= 11 is 0. The molecule has 0 unspecified atom stereocenters. The average Bonchev–Trinajstić information content (AvgIpc) is 3.36. The van der Waals surface area contributed by atoms with E-state index in [0.717, 1.165) is 38.8 Å². The zero-order chi connectivity index (χ0) is 21.4. The summed E-state index contributed by atoms with van der Waals surface area (Å²) in [5.74, 6) is 0.283. The molecule has 154 valence electrons. The highest BCUT2D eigenvalue weighted by molar-refractivity contribution is 5.96. The summed E-state index contributed by atoms with van der Waals surface area (Å²) in [5.41, 5.74) is 5.97. The first kappa shape index (κ1) is 19.0. The Bertz CT molecular complexity index is 1360. The van der Waals surface area contributed by atoms with E-state index < -0.39 is 0 Å². The van der Waals surface area contributed by atoms with Crippen LogP contribution in [0.15, 0.2) is 61.1 Å². The van der Waals surface area contributed by atoms with Crippen LogP contribution in [0.3, 0.4) is 0 Å². The molecule has 0 aliphatic carbocycles. The van der Waals surface area contributed by atoms with Crippen molar-refractivity contribution in [2.75, 3.05) is 5.32 Å². The van der Waals surface area contributed by atoms with Crippen molar-refractivity contribution in [3.63, 3.8) is 0 Å². The van der Waals surface area contributed by atoms with Gasteiger partial charge in [-0.3, -0.25) is 14.9 Å². The quantitative estimate of drug-likeness (QED) is 0.373. The molecule has 0 saturated carbocycles. The lowest BCUT2D eigenvalue weighted by Gasteiger charge is -2.08. The number of rotatable bonds is 5. The van der Waals surface area contributed by atoms with Crippen LogP contribution in [0.4, 0.5) is 5.69 Å². The molecule has 0 saturated heterocycles. The Hall–Kier alpha value is -4.00. The molecule has 31 heavy (non-hydrogen) atoms. The van der Waals surface area contributed by atoms with Gasteiger partial charge >= 0.3 is 0 Å². The summed E-state index contributed by atoms with van der Waals surface area (Å²) in [5, 5.41) is 12.5. The number of benzene rings is 1. The number of fused-ring (bicyclic) bond motifs is 2. The maximum atomic E-state index is 12.1. The monoisotopic (exact) mass is 410 g/mol. The molecule has 4 heterocycles. The Morgan fingerprint density at radius 2 is 1.90 bits per heavy atom. The van der Waals surface area contributed by atoms with E-state index in [1.807, 2.05) is 44.2 Å². The van der Waals surface area contributed by atoms with Crippen LogP contribution >= 0.6 is 0 Å². The third kappa shape index (κ3) is 3.77. The van der Waals surface area contributed by atoms with Gasteiger partial charge in [-0.15, -0.1) is 0 Å². The van der Waals surface area contributed by atoms with Crippen molar-refractivity contribution < 1.29 is 4.79 Å². The molecule has 0 radical (unpaired) electrons. The maximum absolute atomic E-state index is 12.1. The van der Waals surface area contributed by atoms with E-state index in [1.165, 1.54) is 0 Å². The predicted octanol–water partition coefficient (Wildman–Crippen LogP) is 5.15. The number of aromatic nitrogens is 5. The van der Waals surface area contributed by atoms with Crippen molar-refractivity contribution >= 4 is 33.5 Å². The van der Waals surface area contributed by atoms with Crippen LogP contribution in [0.5, 0.6) is 0 Å². The number of H-pyrrole nitrogens is 2. The van der Waals surface area contributed by atoms with E-state index in [9.17, 15) is 4.79 Å². The molecule has 7 nitrogen and oxygen atoms in total. The Morgan fingerprint density at radius 3 is 2.74 bits per heavy atom. The van der Waals surface area contributed by atoms with Gasteiger partial charge < -0.3 is 10.3 Å². The predicted molar refractivity (Wildman–Crippen MR) is 122 cm³/mol. The molecular weight excluding hydrogens is 388 g/mol. The van der Waals surface area contributed by atoms with Gasteiger partial charge in [-0.25, -0.2) is 4.98 Å². The van der Waals surface area contributed by atoms with Crippen LogP contribution in [0, 0.1) is 5.92 Å². The normalized spacial score (nSPS) is 11.5. The van der Waals surface area contributed by atoms with E-state index in [2.05, 4.69) is 42.6 Å². The van der Waals surface area contributed by atoms with Gasteiger partial charge in [0.05, 0.1) is 17.6 Å². The second-order valence-electron chi connectivity index (χ2n) is 8.07. The summed E-state index contributed by atoms with van der Waals surface area (Å²) in [6.45, 7) is 4.04. The number of nitrogens with zero attached hydrogens (tertiary/aromatic N) is 3. The van der Waals surface area contributed by atoms with Gasteiger partial charge in [-0.05, 0) is 30.2 Å².